The second kappa shape index (κ2) is 6.62. The number of benzene rings is 2. The molecule has 1 N–H and O–H groups in total. The Bertz CT molecular complexity index is 848. The molecule has 0 radical (unpaired) electrons. The summed E-state index contributed by atoms with van der Waals surface area (Å²) in [5.41, 5.74) is 1.22. The monoisotopic (exact) mass is 330 g/mol. The predicted molar refractivity (Wildman–Crippen MR) is 84.5 cm³/mol. The standard InChI is InChI=1S/C17H12ClFN2O2/c18-14-7-3-2-6-12(14)16-13(10-21-23-16)17(22)20-9-11-5-1-4-8-15(11)19/h1-8,10H,9H2,(H,20,22). The van der Waals surface area contributed by atoms with Crippen LogP contribution in [0, 0.1) is 5.82 Å². The molecule has 1 heterocycles. The van der Waals surface area contributed by atoms with E-state index in [9.17, 15) is 9.18 Å². The van der Waals surface area contributed by atoms with Crippen molar-refractivity contribution in [2.24, 2.45) is 0 Å². The molecule has 0 saturated carbocycles. The lowest BCUT2D eigenvalue weighted by atomic mass is 10.1. The summed E-state index contributed by atoms with van der Waals surface area (Å²) in [6.45, 7) is 0.0681. The highest BCUT2D eigenvalue weighted by atomic mass is 35.5. The van der Waals surface area contributed by atoms with E-state index in [0.717, 1.165) is 0 Å². The number of hydrogen-bond acceptors (Lipinski definition) is 3. The molecule has 3 aromatic rings. The quantitative estimate of drug-likeness (QED) is 0.784. The van der Waals surface area contributed by atoms with E-state index in [4.69, 9.17) is 16.1 Å². The van der Waals surface area contributed by atoms with Crippen LogP contribution in [0.3, 0.4) is 0 Å². The highest BCUT2D eigenvalue weighted by Gasteiger charge is 2.19. The summed E-state index contributed by atoms with van der Waals surface area (Å²) in [6, 6.07) is 13.2. The summed E-state index contributed by atoms with van der Waals surface area (Å²) < 4.78 is 18.7. The van der Waals surface area contributed by atoms with Crippen LogP contribution in [-0.4, -0.2) is 11.1 Å². The van der Waals surface area contributed by atoms with E-state index in [2.05, 4.69) is 10.5 Å². The molecule has 116 valence electrons. The smallest absolute Gasteiger partial charge is 0.257 e. The van der Waals surface area contributed by atoms with Crippen molar-refractivity contribution in [3.63, 3.8) is 0 Å². The summed E-state index contributed by atoms with van der Waals surface area (Å²) in [6.07, 6.45) is 1.31. The normalized spacial score (nSPS) is 10.5. The van der Waals surface area contributed by atoms with Gasteiger partial charge in [-0.2, -0.15) is 0 Å². The molecular weight excluding hydrogens is 319 g/mol. The third kappa shape index (κ3) is 3.24. The number of rotatable bonds is 4. The molecule has 0 unspecified atom stereocenters. The molecule has 0 atom stereocenters. The summed E-state index contributed by atoms with van der Waals surface area (Å²) >= 11 is 6.12. The zero-order valence-corrected chi connectivity index (χ0v) is 12.7. The summed E-state index contributed by atoms with van der Waals surface area (Å²) in [5.74, 6) is -0.504. The first-order valence-corrected chi connectivity index (χ1v) is 7.26. The van der Waals surface area contributed by atoms with Crippen molar-refractivity contribution in [3.05, 3.63) is 76.7 Å². The molecule has 23 heavy (non-hydrogen) atoms. The number of hydrogen-bond donors (Lipinski definition) is 1. The lowest BCUT2D eigenvalue weighted by Gasteiger charge is -2.06. The van der Waals surface area contributed by atoms with Crippen molar-refractivity contribution in [1.29, 1.82) is 0 Å². The van der Waals surface area contributed by atoms with Crippen molar-refractivity contribution in [2.45, 2.75) is 6.54 Å². The van der Waals surface area contributed by atoms with Crippen LogP contribution in [-0.2, 0) is 6.54 Å². The second-order valence-electron chi connectivity index (χ2n) is 4.82. The first kappa shape index (κ1) is 15.2. The Morgan fingerprint density at radius 1 is 1.17 bits per heavy atom. The number of nitrogens with zero attached hydrogens (tertiary/aromatic N) is 1. The first-order valence-electron chi connectivity index (χ1n) is 6.88. The van der Waals surface area contributed by atoms with Crippen molar-refractivity contribution >= 4 is 17.5 Å². The van der Waals surface area contributed by atoms with E-state index < -0.39 is 5.91 Å². The van der Waals surface area contributed by atoms with Gasteiger partial charge in [-0.25, -0.2) is 4.39 Å². The Hall–Kier alpha value is -2.66. The molecule has 0 aliphatic carbocycles. The minimum Gasteiger partial charge on any atom is -0.355 e. The van der Waals surface area contributed by atoms with Gasteiger partial charge >= 0.3 is 0 Å². The molecule has 0 fully saturated rings. The van der Waals surface area contributed by atoms with E-state index in [0.29, 0.717) is 16.1 Å². The molecule has 0 aliphatic rings. The number of aromatic nitrogens is 1. The zero-order chi connectivity index (χ0) is 16.2. The number of nitrogens with one attached hydrogen (secondary N) is 1. The van der Waals surface area contributed by atoms with Gasteiger partial charge in [0.15, 0.2) is 5.76 Å². The molecule has 2 aromatic carbocycles. The molecule has 3 rings (SSSR count). The topological polar surface area (TPSA) is 55.1 Å². The van der Waals surface area contributed by atoms with Gasteiger partial charge in [0.25, 0.3) is 5.91 Å². The Kier molecular flexibility index (Phi) is 4.39. The van der Waals surface area contributed by atoms with Crippen molar-refractivity contribution < 1.29 is 13.7 Å². The number of amides is 1. The molecule has 6 heteroatoms. The molecule has 4 nitrogen and oxygen atoms in total. The predicted octanol–water partition coefficient (Wildman–Crippen LogP) is 4.06. The van der Waals surface area contributed by atoms with E-state index >= 15 is 0 Å². The SMILES string of the molecule is O=C(NCc1ccccc1F)c1cnoc1-c1ccccc1Cl. The fourth-order valence-electron chi connectivity index (χ4n) is 2.15. The first-order chi connectivity index (χ1) is 11.2. The fourth-order valence-corrected chi connectivity index (χ4v) is 2.37. The van der Waals surface area contributed by atoms with Gasteiger partial charge in [0.05, 0.1) is 11.2 Å². The lowest BCUT2D eigenvalue weighted by Crippen LogP contribution is -2.23. The van der Waals surface area contributed by atoms with Crippen LogP contribution in [0.5, 0.6) is 0 Å². The van der Waals surface area contributed by atoms with Gasteiger partial charge in [-0.15, -0.1) is 0 Å². The maximum atomic E-state index is 13.6. The number of halogens is 2. The van der Waals surface area contributed by atoms with Crippen LogP contribution in [0.2, 0.25) is 5.02 Å². The van der Waals surface area contributed by atoms with Crippen LogP contribution in [0.15, 0.2) is 59.3 Å². The zero-order valence-electron chi connectivity index (χ0n) is 11.9. The summed E-state index contributed by atoms with van der Waals surface area (Å²) in [5, 5.41) is 6.77. The molecule has 0 saturated heterocycles. The second-order valence-corrected chi connectivity index (χ2v) is 5.23. The minimum absolute atomic E-state index is 0.0681. The summed E-state index contributed by atoms with van der Waals surface area (Å²) in [7, 11) is 0. The average molecular weight is 331 g/mol. The van der Waals surface area contributed by atoms with Gasteiger partial charge in [0.1, 0.15) is 11.4 Å². The van der Waals surface area contributed by atoms with Gasteiger partial charge in [0.2, 0.25) is 0 Å². The summed E-state index contributed by atoms with van der Waals surface area (Å²) in [4.78, 5) is 12.3. The average Bonchev–Trinajstić information content (AvgIpc) is 3.04. The Morgan fingerprint density at radius 3 is 2.70 bits per heavy atom. The van der Waals surface area contributed by atoms with Crippen molar-refractivity contribution in [3.8, 4) is 11.3 Å². The highest BCUT2D eigenvalue weighted by molar-refractivity contribution is 6.33. The minimum atomic E-state index is -0.413. The van der Waals surface area contributed by atoms with E-state index in [1.54, 1.807) is 42.5 Å². The highest BCUT2D eigenvalue weighted by Crippen LogP contribution is 2.30. The third-order valence-electron chi connectivity index (χ3n) is 3.33. The molecular formula is C17H12ClFN2O2. The Morgan fingerprint density at radius 2 is 1.91 bits per heavy atom. The van der Waals surface area contributed by atoms with E-state index in [-0.39, 0.29) is 23.7 Å². The Labute approximate surface area is 136 Å². The van der Waals surface area contributed by atoms with Gasteiger partial charge in [0, 0.05) is 17.7 Å². The van der Waals surface area contributed by atoms with Crippen LogP contribution >= 0.6 is 11.6 Å². The maximum Gasteiger partial charge on any atom is 0.257 e. The van der Waals surface area contributed by atoms with Crippen molar-refractivity contribution in [1.82, 2.24) is 10.5 Å². The van der Waals surface area contributed by atoms with Gasteiger partial charge in [-0.1, -0.05) is 47.1 Å². The van der Waals surface area contributed by atoms with Crippen LogP contribution in [0.4, 0.5) is 4.39 Å². The maximum absolute atomic E-state index is 13.6. The number of carbonyl (C=O) groups excluding carboxylic acids is 1. The lowest BCUT2D eigenvalue weighted by molar-refractivity contribution is 0.0951. The van der Waals surface area contributed by atoms with E-state index in [1.165, 1.54) is 12.3 Å². The Balaban J connectivity index is 1.81. The molecule has 0 aliphatic heterocycles. The number of carbonyl (C=O) groups is 1. The van der Waals surface area contributed by atoms with Crippen LogP contribution in [0.1, 0.15) is 15.9 Å². The fraction of sp³-hybridized carbons (Fsp3) is 0.0588. The molecule has 0 spiro atoms. The van der Waals surface area contributed by atoms with Gasteiger partial charge < -0.3 is 9.84 Å². The largest absolute Gasteiger partial charge is 0.355 e. The van der Waals surface area contributed by atoms with Crippen LogP contribution < -0.4 is 5.32 Å². The third-order valence-corrected chi connectivity index (χ3v) is 3.66. The molecule has 1 aromatic heterocycles. The van der Waals surface area contributed by atoms with Gasteiger partial charge in [-0.05, 0) is 18.2 Å². The molecule has 0 bridgehead atoms. The van der Waals surface area contributed by atoms with Crippen molar-refractivity contribution in [2.75, 3.05) is 0 Å². The van der Waals surface area contributed by atoms with Crippen LogP contribution in [0.25, 0.3) is 11.3 Å². The van der Waals surface area contributed by atoms with E-state index in [1.807, 2.05) is 0 Å². The molecule has 1 amide bonds. The van der Waals surface area contributed by atoms with Gasteiger partial charge in [-0.3, -0.25) is 4.79 Å².